The smallest absolute Gasteiger partial charge is 0.161 e. The molecule has 0 spiro atoms. The summed E-state index contributed by atoms with van der Waals surface area (Å²) in [7, 11) is 0. The predicted octanol–water partition coefficient (Wildman–Crippen LogP) is 2.71. The van der Waals surface area contributed by atoms with Crippen LogP contribution in [0.5, 0.6) is 0 Å². The van der Waals surface area contributed by atoms with E-state index >= 15 is 0 Å². The third-order valence-corrected chi connectivity index (χ3v) is 3.39. The number of carbonyl (C=O) groups excluding carboxylic acids is 1. The van der Waals surface area contributed by atoms with Crippen LogP contribution >= 0.6 is 0 Å². The number of Topliss-reactive ketones (excluding diaryl/α,β-unsaturated/α-hetero) is 1. The maximum atomic E-state index is 11.7. The number of carbonyl (C=O) groups is 1. The summed E-state index contributed by atoms with van der Waals surface area (Å²) in [4.78, 5) is 11.7. The zero-order valence-electron chi connectivity index (χ0n) is 7.68. The Bertz CT molecular complexity index is 227. The molecule has 2 aliphatic rings. The minimum Gasteiger partial charge on any atom is -0.294 e. The molecule has 66 valence electrons. The third-order valence-electron chi connectivity index (χ3n) is 3.39. The van der Waals surface area contributed by atoms with Gasteiger partial charge in [0.15, 0.2) is 5.78 Å². The lowest BCUT2D eigenvalue weighted by Gasteiger charge is -2.22. The van der Waals surface area contributed by atoms with E-state index in [2.05, 4.69) is 0 Å². The van der Waals surface area contributed by atoms with E-state index in [1.807, 2.05) is 13.0 Å². The van der Waals surface area contributed by atoms with Crippen molar-refractivity contribution in [1.29, 1.82) is 0 Å². The lowest BCUT2D eigenvalue weighted by Crippen LogP contribution is -2.18. The van der Waals surface area contributed by atoms with Crippen LogP contribution in [-0.4, -0.2) is 5.78 Å². The number of rotatable bonds is 0. The first-order chi connectivity index (χ1) is 5.83. The molecule has 1 nitrogen and oxygen atoms in total. The minimum absolute atomic E-state index is 0.407. The van der Waals surface area contributed by atoms with E-state index in [9.17, 15) is 4.79 Å². The highest BCUT2D eigenvalue weighted by Gasteiger charge is 2.38. The molecule has 2 saturated carbocycles. The van der Waals surface area contributed by atoms with Gasteiger partial charge in [0.1, 0.15) is 0 Å². The molecule has 0 N–H and O–H groups in total. The summed E-state index contributed by atoms with van der Waals surface area (Å²) >= 11 is 0. The highest BCUT2D eigenvalue weighted by Crippen LogP contribution is 2.42. The lowest BCUT2D eigenvalue weighted by atomic mass is 9.81. The van der Waals surface area contributed by atoms with Crippen LogP contribution in [-0.2, 0) is 4.79 Å². The number of allylic oxidation sites excluding steroid dienone is 2. The standard InChI is InChI=1S/C11H16O/c1-2-8-7-9-5-3-4-6-10(9)11(8)12/h2,9-10H,3-7H2,1H3/b8-2-/t9-,10-/m1/s1. The Morgan fingerprint density at radius 2 is 2.08 bits per heavy atom. The highest BCUT2D eigenvalue weighted by atomic mass is 16.1. The Morgan fingerprint density at radius 1 is 1.33 bits per heavy atom. The van der Waals surface area contributed by atoms with E-state index in [-0.39, 0.29) is 0 Å². The van der Waals surface area contributed by atoms with E-state index in [1.165, 1.54) is 19.3 Å². The minimum atomic E-state index is 0.407. The average Bonchev–Trinajstić information content (AvgIpc) is 2.44. The molecule has 0 unspecified atom stereocenters. The van der Waals surface area contributed by atoms with E-state index in [0.29, 0.717) is 17.6 Å². The molecular weight excluding hydrogens is 148 g/mol. The van der Waals surface area contributed by atoms with E-state index in [4.69, 9.17) is 0 Å². The van der Waals surface area contributed by atoms with Gasteiger partial charge in [0, 0.05) is 5.92 Å². The molecule has 0 amide bonds. The second-order valence-corrected chi connectivity index (χ2v) is 4.03. The Labute approximate surface area is 73.8 Å². The summed E-state index contributed by atoms with van der Waals surface area (Å²) in [6, 6.07) is 0. The molecule has 2 rings (SSSR count). The van der Waals surface area contributed by atoms with Gasteiger partial charge in [-0.1, -0.05) is 18.9 Å². The molecule has 1 heteroatoms. The first kappa shape index (κ1) is 8.03. The van der Waals surface area contributed by atoms with Crippen LogP contribution in [0.2, 0.25) is 0 Å². The van der Waals surface area contributed by atoms with Gasteiger partial charge in [0.25, 0.3) is 0 Å². The van der Waals surface area contributed by atoms with Gasteiger partial charge in [-0.3, -0.25) is 4.79 Å². The average molecular weight is 164 g/mol. The van der Waals surface area contributed by atoms with E-state index in [1.54, 1.807) is 0 Å². The van der Waals surface area contributed by atoms with Crippen LogP contribution in [0.25, 0.3) is 0 Å². The van der Waals surface area contributed by atoms with Crippen molar-refractivity contribution in [2.75, 3.05) is 0 Å². The van der Waals surface area contributed by atoms with Gasteiger partial charge in [-0.25, -0.2) is 0 Å². The summed E-state index contributed by atoms with van der Waals surface area (Å²) in [6.45, 7) is 1.99. The summed E-state index contributed by atoms with van der Waals surface area (Å²) in [5.74, 6) is 1.57. The summed E-state index contributed by atoms with van der Waals surface area (Å²) in [5, 5.41) is 0. The Balaban J connectivity index is 2.19. The van der Waals surface area contributed by atoms with Gasteiger partial charge in [-0.2, -0.15) is 0 Å². The highest BCUT2D eigenvalue weighted by molar-refractivity contribution is 5.99. The van der Waals surface area contributed by atoms with Gasteiger partial charge in [0.05, 0.1) is 0 Å². The van der Waals surface area contributed by atoms with Crippen molar-refractivity contribution in [2.45, 2.75) is 39.0 Å². The van der Waals surface area contributed by atoms with Crippen LogP contribution in [0.3, 0.4) is 0 Å². The van der Waals surface area contributed by atoms with E-state index in [0.717, 1.165) is 18.4 Å². The van der Waals surface area contributed by atoms with Crippen molar-refractivity contribution in [3.05, 3.63) is 11.6 Å². The number of hydrogen-bond donors (Lipinski definition) is 0. The van der Waals surface area contributed by atoms with Gasteiger partial charge in [0.2, 0.25) is 0 Å². The topological polar surface area (TPSA) is 17.1 Å². The van der Waals surface area contributed by atoms with E-state index < -0.39 is 0 Å². The zero-order chi connectivity index (χ0) is 8.55. The fourth-order valence-electron chi connectivity index (χ4n) is 2.68. The Hall–Kier alpha value is -0.590. The summed E-state index contributed by atoms with van der Waals surface area (Å²) < 4.78 is 0. The molecule has 0 heterocycles. The quantitative estimate of drug-likeness (QED) is 0.503. The van der Waals surface area contributed by atoms with Crippen molar-refractivity contribution < 1.29 is 4.79 Å². The van der Waals surface area contributed by atoms with Gasteiger partial charge >= 0.3 is 0 Å². The monoisotopic (exact) mass is 164 g/mol. The molecule has 0 aromatic carbocycles. The summed E-state index contributed by atoms with van der Waals surface area (Å²) in [6.07, 6.45) is 8.13. The van der Waals surface area contributed by atoms with Crippen LogP contribution in [0, 0.1) is 11.8 Å². The molecule has 2 atom stereocenters. The second-order valence-electron chi connectivity index (χ2n) is 4.03. The number of hydrogen-bond acceptors (Lipinski definition) is 1. The molecule has 0 radical (unpaired) electrons. The fourth-order valence-corrected chi connectivity index (χ4v) is 2.68. The zero-order valence-corrected chi connectivity index (χ0v) is 7.68. The normalized spacial score (nSPS) is 38.8. The largest absolute Gasteiger partial charge is 0.294 e. The van der Waals surface area contributed by atoms with Crippen LogP contribution in [0.1, 0.15) is 39.0 Å². The van der Waals surface area contributed by atoms with Crippen LogP contribution in [0.4, 0.5) is 0 Å². The van der Waals surface area contributed by atoms with Crippen molar-refractivity contribution in [3.8, 4) is 0 Å². The Morgan fingerprint density at radius 3 is 2.75 bits per heavy atom. The molecular formula is C11H16O. The molecule has 0 saturated heterocycles. The van der Waals surface area contributed by atoms with Gasteiger partial charge < -0.3 is 0 Å². The molecule has 0 aromatic heterocycles. The third kappa shape index (κ3) is 1.12. The maximum absolute atomic E-state index is 11.7. The van der Waals surface area contributed by atoms with Gasteiger partial charge in [-0.15, -0.1) is 0 Å². The molecule has 2 aliphatic carbocycles. The van der Waals surface area contributed by atoms with Crippen LogP contribution in [0.15, 0.2) is 11.6 Å². The summed E-state index contributed by atoms with van der Waals surface area (Å²) in [5.41, 5.74) is 1.10. The molecule has 0 aliphatic heterocycles. The van der Waals surface area contributed by atoms with Crippen molar-refractivity contribution in [1.82, 2.24) is 0 Å². The first-order valence-corrected chi connectivity index (χ1v) is 5.02. The SMILES string of the molecule is C/C=C1/C[C@H]2CCCC[C@H]2C1=O. The predicted molar refractivity (Wildman–Crippen MR) is 48.8 cm³/mol. The number of ketones is 1. The fraction of sp³-hybridized carbons (Fsp3) is 0.727. The maximum Gasteiger partial charge on any atom is 0.161 e. The van der Waals surface area contributed by atoms with Crippen molar-refractivity contribution >= 4 is 5.78 Å². The van der Waals surface area contributed by atoms with Gasteiger partial charge in [-0.05, 0) is 37.7 Å². The molecule has 12 heavy (non-hydrogen) atoms. The van der Waals surface area contributed by atoms with Crippen LogP contribution < -0.4 is 0 Å². The lowest BCUT2D eigenvalue weighted by molar-refractivity contribution is -0.119. The molecule has 0 aromatic rings. The van der Waals surface area contributed by atoms with Crippen molar-refractivity contribution in [2.24, 2.45) is 11.8 Å². The second kappa shape index (κ2) is 3.04. The molecule has 2 fully saturated rings. The number of fused-ring (bicyclic) bond motifs is 1. The first-order valence-electron chi connectivity index (χ1n) is 5.02. The van der Waals surface area contributed by atoms with Crippen molar-refractivity contribution in [3.63, 3.8) is 0 Å². The molecule has 0 bridgehead atoms. The Kier molecular flexibility index (Phi) is 2.03.